The Bertz CT molecular complexity index is 881. The van der Waals surface area contributed by atoms with Gasteiger partial charge < -0.3 is 14.2 Å². The van der Waals surface area contributed by atoms with Gasteiger partial charge >= 0.3 is 0 Å². The summed E-state index contributed by atoms with van der Waals surface area (Å²) >= 11 is 0. The van der Waals surface area contributed by atoms with E-state index < -0.39 is 0 Å². The summed E-state index contributed by atoms with van der Waals surface area (Å²) in [5.74, 6) is 4.62. The van der Waals surface area contributed by atoms with Crippen LogP contribution in [0.25, 0.3) is 0 Å². The molecule has 3 nitrogen and oxygen atoms in total. The first-order chi connectivity index (χ1) is 13.3. The number of hydrogen-bond acceptors (Lipinski definition) is 3. The van der Waals surface area contributed by atoms with Crippen molar-refractivity contribution < 1.29 is 14.2 Å². The van der Waals surface area contributed by atoms with Crippen LogP contribution in [0.3, 0.4) is 0 Å². The average Bonchev–Trinajstić information content (AvgIpc) is 2.73. The maximum absolute atomic E-state index is 5.88. The Morgan fingerprint density at radius 1 is 0.259 bits per heavy atom. The molecule has 0 aliphatic heterocycles. The molecule has 0 unspecified atom stereocenters. The zero-order valence-corrected chi connectivity index (χ0v) is 14.6. The monoisotopic (exact) mass is 354 g/mol. The predicted molar refractivity (Wildman–Crippen MR) is 106 cm³/mol. The van der Waals surface area contributed by atoms with Crippen molar-refractivity contribution in [1.29, 1.82) is 0 Å². The predicted octanol–water partition coefficient (Wildman–Crippen LogP) is 7.06. The summed E-state index contributed by atoms with van der Waals surface area (Å²) in [6.07, 6.45) is 0. The molecule has 0 atom stereocenters. The topological polar surface area (TPSA) is 27.7 Å². The Labute approximate surface area is 158 Å². The Kier molecular flexibility index (Phi) is 5.02. The van der Waals surface area contributed by atoms with Crippen LogP contribution in [0, 0.1) is 0 Å². The van der Waals surface area contributed by atoms with Gasteiger partial charge in [0.2, 0.25) is 0 Å². The van der Waals surface area contributed by atoms with Gasteiger partial charge in [-0.3, -0.25) is 0 Å². The molecule has 0 radical (unpaired) electrons. The molecule has 0 aliphatic rings. The van der Waals surface area contributed by atoms with E-state index in [-0.39, 0.29) is 0 Å². The molecular formula is C24H18O3. The molecule has 4 aromatic carbocycles. The summed E-state index contributed by atoms with van der Waals surface area (Å²) in [7, 11) is 0. The minimum atomic E-state index is 0.743. The van der Waals surface area contributed by atoms with Crippen LogP contribution in [0.5, 0.6) is 34.5 Å². The van der Waals surface area contributed by atoms with Crippen molar-refractivity contribution in [3.8, 4) is 34.5 Å². The number of rotatable bonds is 6. The highest BCUT2D eigenvalue weighted by Crippen LogP contribution is 2.28. The van der Waals surface area contributed by atoms with Gasteiger partial charge in [0, 0.05) is 0 Å². The highest BCUT2D eigenvalue weighted by Gasteiger charge is 2.02. The van der Waals surface area contributed by atoms with Gasteiger partial charge in [0.1, 0.15) is 34.5 Å². The number of ether oxygens (including phenoxy) is 3. The molecule has 0 heterocycles. The maximum Gasteiger partial charge on any atom is 0.127 e. The lowest BCUT2D eigenvalue weighted by atomic mass is 10.3. The lowest BCUT2D eigenvalue weighted by Gasteiger charge is -2.09. The van der Waals surface area contributed by atoms with Crippen LogP contribution >= 0.6 is 0 Å². The molecule has 27 heavy (non-hydrogen) atoms. The van der Waals surface area contributed by atoms with Gasteiger partial charge in [0.25, 0.3) is 0 Å². The van der Waals surface area contributed by atoms with E-state index in [1.165, 1.54) is 0 Å². The number of hydrogen-bond donors (Lipinski definition) is 0. The summed E-state index contributed by atoms with van der Waals surface area (Å²) < 4.78 is 17.4. The van der Waals surface area contributed by atoms with E-state index in [0.717, 1.165) is 34.5 Å². The second-order valence-electron chi connectivity index (χ2n) is 5.88. The SMILES string of the molecule is c1ccc(Oc2ccc(Oc3ccc(Oc4ccccc4)cc3)cc2)cc1. The van der Waals surface area contributed by atoms with Gasteiger partial charge in [0.05, 0.1) is 0 Å². The fourth-order valence-corrected chi connectivity index (χ4v) is 2.54. The molecule has 0 saturated carbocycles. The van der Waals surface area contributed by atoms with E-state index >= 15 is 0 Å². The van der Waals surface area contributed by atoms with Gasteiger partial charge in [-0.05, 0) is 72.8 Å². The molecule has 4 rings (SSSR count). The molecule has 0 amide bonds. The molecular weight excluding hydrogens is 336 g/mol. The normalized spacial score (nSPS) is 10.2. The average molecular weight is 354 g/mol. The molecule has 0 saturated heterocycles. The van der Waals surface area contributed by atoms with Crippen LogP contribution in [-0.2, 0) is 0 Å². The standard InChI is InChI=1S/C24H18O3/c1-3-7-19(8-4-1)25-21-11-15-23(16-12-21)27-24-17-13-22(14-18-24)26-20-9-5-2-6-10-20/h1-18H. The molecule has 132 valence electrons. The van der Waals surface area contributed by atoms with Crippen molar-refractivity contribution in [1.82, 2.24) is 0 Å². The van der Waals surface area contributed by atoms with Crippen molar-refractivity contribution in [3.05, 3.63) is 109 Å². The molecule has 0 fully saturated rings. The second-order valence-corrected chi connectivity index (χ2v) is 5.88. The summed E-state index contributed by atoms with van der Waals surface area (Å²) in [5, 5.41) is 0. The van der Waals surface area contributed by atoms with Gasteiger partial charge in [0.15, 0.2) is 0 Å². The third-order valence-electron chi connectivity index (χ3n) is 3.84. The van der Waals surface area contributed by atoms with E-state index in [2.05, 4.69) is 0 Å². The van der Waals surface area contributed by atoms with E-state index in [1.54, 1.807) is 0 Å². The minimum absolute atomic E-state index is 0.743. The fourth-order valence-electron chi connectivity index (χ4n) is 2.54. The third-order valence-corrected chi connectivity index (χ3v) is 3.84. The summed E-state index contributed by atoms with van der Waals surface area (Å²) in [6, 6.07) is 34.4. The van der Waals surface area contributed by atoms with Crippen molar-refractivity contribution in [3.63, 3.8) is 0 Å². The van der Waals surface area contributed by atoms with Crippen molar-refractivity contribution in [2.24, 2.45) is 0 Å². The molecule has 3 heteroatoms. The molecule has 0 aliphatic carbocycles. The number of benzene rings is 4. The first kappa shape index (κ1) is 16.7. The van der Waals surface area contributed by atoms with Crippen LogP contribution in [-0.4, -0.2) is 0 Å². The zero-order chi connectivity index (χ0) is 18.3. The smallest absolute Gasteiger partial charge is 0.127 e. The minimum Gasteiger partial charge on any atom is -0.457 e. The second kappa shape index (κ2) is 8.11. The fraction of sp³-hybridized carbons (Fsp3) is 0. The Morgan fingerprint density at radius 2 is 0.481 bits per heavy atom. The van der Waals surface area contributed by atoms with E-state index in [9.17, 15) is 0 Å². The molecule has 0 spiro atoms. The van der Waals surface area contributed by atoms with E-state index in [1.807, 2.05) is 109 Å². The lowest BCUT2D eigenvalue weighted by molar-refractivity contribution is 0.464. The number of para-hydroxylation sites is 2. The Balaban J connectivity index is 1.37. The van der Waals surface area contributed by atoms with E-state index in [4.69, 9.17) is 14.2 Å². The summed E-state index contributed by atoms with van der Waals surface area (Å²) in [5.41, 5.74) is 0. The van der Waals surface area contributed by atoms with Gasteiger partial charge in [-0.25, -0.2) is 0 Å². The summed E-state index contributed by atoms with van der Waals surface area (Å²) in [6.45, 7) is 0. The molecule has 0 bridgehead atoms. The van der Waals surface area contributed by atoms with Crippen LogP contribution < -0.4 is 14.2 Å². The Morgan fingerprint density at radius 3 is 0.741 bits per heavy atom. The summed E-state index contributed by atoms with van der Waals surface area (Å²) in [4.78, 5) is 0. The first-order valence-electron chi connectivity index (χ1n) is 8.69. The van der Waals surface area contributed by atoms with Gasteiger partial charge in [-0.2, -0.15) is 0 Å². The quantitative estimate of drug-likeness (QED) is 0.371. The van der Waals surface area contributed by atoms with Crippen molar-refractivity contribution >= 4 is 0 Å². The lowest BCUT2D eigenvalue weighted by Crippen LogP contribution is -1.87. The van der Waals surface area contributed by atoms with Crippen molar-refractivity contribution in [2.75, 3.05) is 0 Å². The van der Waals surface area contributed by atoms with Crippen molar-refractivity contribution in [2.45, 2.75) is 0 Å². The Hall–Kier alpha value is -3.72. The highest BCUT2D eigenvalue weighted by molar-refractivity contribution is 5.40. The van der Waals surface area contributed by atoms with E-state index in [0.29, 0.717) is 0 Å². The molecule has 0 aromatic heterocycles. The van der Waals surface area contributed by atoms with Gasteiger partial charge in [-0.1, -0.05) is 36.4 Å². The zero-order valence-electron chi connectivity index (χ0n) is 14.6. The van der Waals surface area contributed by atoms with Crippen LogP contribution in [0.1, 0.15) is 0 Å². The molecule has 4 aromatic rings. The highest BCUT2D eigenvalue weighted by atomic mass is 16.5. The maximum atomic E-state index is 5.88. The van der Waals surface area contributed by atoms with Crippen LogP contribution in [0.2, 0.25) is 0 Å². The van der Waals surface area contributed by atoms with Crippen LogP contribution in [0.15, 0.2) is 109 Å². The largest absolute Gasteiger partial charge is 0.457 e. The van der Waals surface area contributed by atoms with Gasteiger partial charge in [-0.15, -0.1) is 0 Å². The molecule has 0 N–H and O–H groups in total. The first-order valence-corrected chi connectivity index (χ1v) is 8.69. The third kappa shape index (κ3) is 4.67. The van der Waals surface area contributed by atoms with Crippen LogP contribution in [0.4, 0.5) is 0 Å².